The van der Waals surface area contributed by atoms with Crippen LogP contribution < -0.4 is 16.6 Å². The Morgan fingerprint density at radius 1 is 1.36 bits per heavy atom. The van der Waals surface area contributed by atoms with Crippen LogP contribution in [0.5, 0.6) is 0 Å². The summed E-state index contributed by atoms with van der Waals surface area (Å²) in [7, 11) is 0. The molecule has 0 aromatic heterocycles. The van der Waals surface area contributed by atoms with Crippen LogP contribution in [-0.4, -0.2) is 19.0 Å². The van der Waals surface area contributed by atoms with Crippen molar-refractivity contribution in [1.82, 2.24) is 10.7 Å². The smallest absolute Gasteiger partial charge is 0.205 e. The molecule has 0 aromatic carbocycles. The van der Waals surface area contributed by atoms with Crippen molar-refractivity contribution in [3.05, 3.63) is 0 Å². The molecule has 4 nitrogen and oxygen atoms in total. The Kier molecular flexibility index (Phi) is 6.28. The molecule has 0 atom stereocenters. The second kappa shape index (κ2) is 6.65. The topological polar surface area (TPSA) is 62.4 Å². The fraction of sp³-hybridized carbons (Fsp3) is 0.900. The average molecular weight is 200 g/mol. The summed E-state index contributed by atoms with van der Waals surface area (Å²) in [5.41, 5.74) is 2.78. The van der Waals surface area contributed by atoms with Gasteiger partial charge in [-0.15, -0.1) is 0 Å². The van der Waals surface area contributed by atoms with Crippen molar-refractivity contribution in [2.24, 2.45) is 16.3 Å². The Balaban J connectivity index is 3.87. The Hall–Kier alpha value is -0.770. The maximum absolute atomic E-state index is 5.34. The van der Waals surface area contributed by atoms with Crippen molar-refractivity contribution in [2.75, 3.05) is 13.1 Å². The minimum Gasteiger partial charge on any atom is -0.355 e. The van der Waals surface area contributed by atoms with Crippen LogP contribution in [0.1, 0.15) is 40.5 Å². The fourth-order valence-corrected chi connectivity index (χ4v) is 0.852. The Bertz CT molecular complexity index is 169. The molecule has 0 unspecified atom stereocenters. The van der Waals surface area contributed by atoms with E-state index in [1.807, 2.05) is 0 Å². The fourth-order valence-electron chi connectivity index (χ4n) is 0.852. The lowest BCUT2D eigenvalue weighted by Crippen LogP contribution is -2.42. The van der Waals surface area contributed by atoms with E-state index in [-0.39, 0.29) is 5.41 Å². The average Bonchev–Trinajstić information content (AvgIpc) is 2.09. The SMILES string of the molecule is CCCCNC(=NCC(C)(C)C)NN. The van der Waals surface area contributed by atoms with Crippen molar-refractivity contribution >= 4 is 5.96 Å². The van der Waals surface area contributed by atoms with Crippen LogP contribution >= 0.6 is 0 Å². The van der Waals surface area contributed by atoms with Gasteiger partial charge in [-0.25, -0.2) is 5.84 Å². The molecule has 0 heterocycles. The molecule has 0 aliphatic carbocycles. The van der Waals surface area contributed by atoms with E-state index in [1.54, 1.807) is 0 Å². The summed E-state index contributed by atoms with van der Waals surface area (Å²) in [5, 5.41) is 3.16. The molecular formula is C10H24N4. The van der Waals surface area contributed by atoms with Gasteiger partial charge in [-0.2, -0.15) is 0 Å². The van der Waals surface area contributed by atoms with Gasteiger partial charge < -0.3 is 5.32 Å². The van der Waals surface area contributed by atoms with Gasteiger partial charge in [-0.1, -0.05) is 34.1 Å². The van der Waals surface area contributed by atoms with Gasteiger partial charge in [0.05, 0.1) is 0 Å². The van der Waals surface area contributed by atoms with E-state index in [4.69, 9.17) is 5.84 Å². The number of hydrogen-bond acceptors (Lipinski definition) is 2. The van der Waals surface area contributed by atoms with Crippen molar-refractivity contribution in [3.63, 3.8) is 0 Å². The Labute approximate surface area is 87.3 Å². The lowest BCUT2D eigenvalue weighted by Gasteiger charge is -2.16. The minimum atomic E-state index is 0.203. The molecule has 0 saturated carbocycles. The first-order valence-electron chi connectivity index (χ1n) is 5.24. The molecule has 14 heavy (non-hydrogen) atoms. The first-order chi connectivity index (χ1) is 6.49. The zero-order valence-electron chi connectivity index (χ0n) is 9.85. The second-order valence-corrected chi connectivity index (χ2v) is 4.65. The quantitative estimate of drug-likeness (QED) is 0.210. The summed E-state index contributed by atoms with van der Waals surface area (Å²) in [4.78, 5) is 4.35. The first-order valence-corrected chi connectivity index (χ1v) is 5.24. The van der Waals surface area contributed by atoms with Crippen molar-refractivity contribution in [1.29, 1.82) is 0 Å². The maximum atomic E-state index is 5.34. The van der Waals surface area contributed by atoms with E-state index in [0.717, 1.165) is 19.5 Å². The summed E-state index contributed by atoms with van der Waals surface area (Å²) < 4.78 is 0. The third-order valence-electron chi connectivity index (χ3n) is 1.67. The molecule has 4 heteroatoms. The number of nitrogens with two attached hydrogens (primary N) is 1. The normalized spacial score (nSPS) is 12.8. The predicted octanol–water partition coefficient (Wildman–Crippen LogP) is 1.24. The third-order valence-corrected chi connectivity index (χ3v) is 1.67. The highest BCUT2D eigenvalue weighted by Crippen LogP contribution is 2.12. The van der Waals surface area contributed by atoms with E-state index < -0.39 is 0 Å². The highest BCUT2D eigenvalue weighted by atomic mass is 15.3. The number of nitrogens with one attached hydrogen (secondary N) is 2. The Morgan fingerprint density at radius 3 is 2.43 bits per heavy atom. The standard InChI is InChI=1S/C10H24N4/c1-5-6-7-12-9(14-11)13-8-10(2,3)4/h5-8,11H2,1-4H3,(H2,12,13,14). The summed E-state index contributed by atoms with van der Waals surface area (Å²) in [5.74, 6) is 6.03. The van der Waals surface area contributed by atoms with Crippen molar-refractivity contribution in [2.45, 2.75) is 40.5 Å². The highest BCUT2D eigenvalue weighted by molar-refractivity contribution is 5.79. The van der Waals surface area contributed by atoms with Crippen LogP contribution in [0.3, 0.4) is 0 Å². The second-order valence-electron chi connectivity index (χ2n) is 4.65. The molecule has 84 valence electrons. The molecular weight excluding hydrogens is 176 g/mol. The van der Waals surface area contributed by atoms with Crippen LogP contribution in [0.4, 0.5) is 0 Å². The predicted molar refractivity (Wildman–Crippen MR) is 62.0 cm³/mol. The van der Waals surface area contributed by atoms with E-state index in [0.29, 0.717) is 5.96 Å². The molecule has 0 amide bonds. The number of hydrogen-bond donors (Lipinski definition) is 3. The van der Waals surface area contributed by atoms with Gasteiger partial charge >= 0.3 is 0 Å². The van der Waals surface area contributed by atoms with Gasteiger partial charge in [0.25, 0.3) is 0 Å². The molecule has 0 saturated heterocycles. The van der Waals surface area contributed by atoms with Crippen molar-refractivity contribution < 1.29 is 0 Å². The summed E-state index contributed by atoms with van der Waals surface area (Å²) >= 11 is 0. The van der Waals surface area contributed by atoms with Gasteiger partial charge in [-0.05, 0) is 11.8 Å². The van der Waals surface area contributed by atoms with Gasteiger partial charge in [0.1, 0.15) is 0 Å². The maximum Gasteiger partial charge on any atom is 0.205 e. The monoisotopic (exact) mass is 200 g/mol. The molecule has 0 bridgehead atoms. The molecule has 4 N–H and O–H groups in total. The van der Waals surface area contributed by atoms with Gasteiger partial charge in [-0.3, -0.25) is 10.4 Å². The summed E-state index contributed by atoms with van der Waals surface area (Å²) in [6.07, 6.45) is 2.31. The number of aliphatic imine (C=N–C) groups is 1. The largest absolute Gasteiger partial charge is 0.355 e. The number of rotatable bonds is 4. The van der Waals surface area contributed by atoms with Crippen LogP contribution in [0.2, 0.25) is 0 Å². The molecule has 0 spiro atoms. The number of guanidine groups is 1. The lowest BCUT2D eigenvalue weighted by atomic mass is 9.97. The van der Waals surface area contributed by atoms with E-state index >= 15 is 0 Å². The lowest BCUT2D eigenvalue weighted by molar-refractivity contribution is 0.428. The molecule has 0 aromatic rings. The molecule has 0 radical (unpaired) electrons. The third kappa shape index (κ3) is 7.86. The zero-order valence-corrected chi connectivity index (χ0v) is 9.85. The highest BCUT2D eigenvalue weighted by Gasteiger charge is 2.09. The van der Waals surface area contributed by atoms with Crippen LogP contribution in [0.15, 0.2) is 4.99 Å². The van der Waals surface area contributed by atoms with Gasteiger partial charge in [0, 0.05) is 13.1 Å². The number of hydrazine groups is 1. The molecule has 0 fully saturated rings. The molecule has 0 aliphatic heterocycles. The van der Waals surface area contributed by atoms with Crippen molar-refractivity contribution in [3.8, 4) is 0 Å². The number of unbranched alkanes of at least 4 members (excludes halogenated alkanes) is 1. The Morgan fingerprint density at radius 2 is 2.00 bits per heavy atom. The minimum absolute atomic E-state index is 0.203. The van der Waals surface area contributed by atoms with E-state index in [9.17, 15) is 0 Å². The van der Waals surface area contributed by atoms with E-state index in [1.165, 1.54) is 6.42 Å². The molecule has 0 aliphatic rings. The number of nitrogens with zero attached hydrogens (tertiary/aromatic N) is 1. The molecule has 0 rings (SSSR count). The van der Waals surface area contributed by atoms with Crippen LogP contribution in [0, 0.1) is 5.41 Å². The van der Waals surface area contributed by atoms with Gasteiger partial charge in [0.2, 0.25) is 5.96 Å². The zero-order chi connectivity index (χ0) is 11.0. The van der Waals surface area contributed by atoms with Gasteiger partial charge in [0.15, 0.2) is 0 Å². The summed E-state index contributed by atoms with van der Waals surface area (Å²) in [6, 6.07) is 0. The van der Waals surface area contributed by atoms with Crippen LogP contribution in [0.25, 0.3) is 0 Å². The van der Waals surface area contributed by atoms with E-state index in [2.05, 4.69) is 43.4 Å². The van der Waals surface area contributed by atoms with Crippen LogP contribution in [-0.2, 0) is 0 Å². The summed E-state index contributed by atoms with van der Waals surface area (Å²) in [6.45, 7) is 10.3. The first kappa shape index (κ1) is 13.2.